The Morgan fingerprint density at radius 2 is 1.06 bits per heavy atom. The van der Waals surface area contributed by atoms with Gasteiger partial charge in [-0.15, -0.1) is 5.75 Å². The fourth-order valence-corrected chi connectivity index (χ4v) is 3.57. The molecular formula is C31H35O2-. The molecule has 0 unspecified atom stereocenters. The fraction of sp³-hybridized carbons (Fsp3) is 0.290. The van der Waals surface area contributed by atoms with E-state index < -0.39 is 0 Å². The third-order valence-electron chi connectivity index (χ3n) is 5.82. The van der Waals surface area contributed by atoms with Gasteiger partial charge in [0.15, 0.2) is 0 Å². The van der Waals surface area contributed by atoms with Crippen molar-refractivity contribution in [1.29, 1.82) is 0 Å². The van der Waals surface area contributed by atoms with E-state index in [2.05, 4.69) is 90.1 Å². The minimum absolute atomic E-state index is 0.0132. The second-order valence-corrected chi connectivity index (χ2v) is 10.5. The van der Waals surface area contributed by atoms with Gasteiger partial charge in [-0.2, -0.15) is 0 Å². The lowest BCUT2D eigenvalue weighted by Crippen LogP contribution is -2.11. The van der Waals surface area contributed by atoms with Gasteiger partial charge in [-0.25, -0.2) is 0 Å². The molecule has 0 amide bonds. The summed E-state index contributed by atoms with van der Waals surface area (Å²) in [4.78, 5) is 0. The van der Waals surface area contributed by atoms with Crippen LogP contribution >= 0.6 is 0 Å². The Morgan fingerprint density at radius 3 is 1.55 bits per heavy atom. The average Bonchev–Trinajstić information content (AvgIpc) is 2.76. The summed E-state index contributed by atoms with van der Waals surface area (Å²) in [5, 5.41) is 12.3. The molecule has 0 fully saturated rings. The van der Waals surface area contributed by atoms with Gasteiger partial charge in [-0.1, -0.05) is 114 Å². The van der Waals surface area contributed by atoms with Gasteiger partial charge in [0, 0.05) is 5.56 Å². The summed E-state index contributed by atoms with van der Waals surface area (Å²) < 4.78 is 5.55. The molecular weight excluding hydrogens is 404 g/mol. The van der Waals surface area contributed by atoms with Crippen LogP contribution in [0.25, 0.3) is 24.3 Å². The maximum atomic E-state index is 12.3. The molecule has 33 heavy (non-hydrogen) atoms. The van der Waals surface area contributed by atoms with Gasteiger partial charge >= 0.3 is 0 Å². The van der Waals surface area contributed by atoms with Crippen LogP contribution < -0.4 is 9.84 Å². The van der Waals surface area contributed by atoms with Crippen molar-refractivity contribution in [3.63, 3.8) is 0 Å². The number of benzene rings is 3. The molecule has 0 saturated carbocycles. The van der Waals surface area contributed by atoms with Crippen molar-refractivity contribution >= 4 is 24.3 Å². The number of hydrogen-bond donors (Lipinski definition) is 0. The lowest BCUT2D eigenvalue weighted by molar-refractivity contribution is -0.268. The Kier molecular flexibility index (Phi) is 7.17. The second kappa shape index (κ2) is 9.70. The molecule has 0 aliphatic heterocycles. The predicted molar refractivity (Wildman–Crippen MR) is 141 cm³/mol. The van der Waals surface area contributed by atoms with Crippen LogP contribution in [-0.2, 0) is 10.8 Å². The van der Waals surface area contributed by atoms with Crippen LogP contribution in [0.3, 0.4) is 0 Å². The maximum Gasteiger partial charge on any atom is 0.126 e. The van der Waals surface area contributed by atoms with Crippen LogP contribution in [-0.4, -0.2) is 7.11 Å². The summed E-state index contributed by atoms with van der Waals surface area (Å²) in [5.41, 5.74) is 6.48. The van der Waals surface area contributed by atoms with Crippen LogP contribution in [0.15, 0.2) is 60.7 Å². The average molecular weight is 440 g/mol. The number of ether oxygens (including phenoxy) is 1. The van der Waals surface area contributed by atoms with Gasteiger partial charge in [0.05, 0.1) is 7.11 Å². The number of rotatable bonds is 5. The van der Waals surface area contributed by atoms with Crippen molar-refractivity contribution in [2.45, 2.75) is 52.4 Å². The molecule has 2 nitrogen and oxygen atoms in total. The Labute approximate surface area is 199 Å². The first kappa shape index (κ1) is 24.4. The summed E-state index contributed by atoms with van der Waals surface area (Å²) in [6, 6.07) is 20.2. The molecule has 3 aromatic rings. The first-order valence-corrected chi connectivity index (χ1v) is 11.4. The molecule has 0 bridgehead atoms. The summed E-state index contributed by atoms with van der Waals surface area (Å²) >= 11 is 0. The Bertz CT molecular complexity index is 1150. The van der Waals surface area contributed by atoms with Gasteiger partial charge in [-0.3, -0.25) is 0 Å². The zero-order chi connectivity index (χ0) is 24.2. The highest BCUT2D eigenvalue weighted by atomic mass is 16.5. The molecule has 0 spiro atoms. The van der Waals surface area contributed by atoms with E-state index in [4.69, 9.17) is 4.74 Å². The molecule has 0 aromatic heterocycles. The highest BCUT2D eigenvalue weighted by Gasteiger charge is 2.15. The number of hydrogen-bond acceptors (Lipinski definition) is 2. The molecule has 0 saturated heterocycles. The van der Waals surface area contributed by atoms with Crippen LogP contribution in [0.4, 0.5) is 0 Å². The van der Waals surface area contributed by atoms with E-state index in [1.165, 1.54) is 5.56 Å². The van der Waals surface area contributed by atoms with Crippen LogP contribution in [0, 0.1) is 0 Å². The predicted octanol–water partition coefficient (Wildman–Crippen LogP) is 7.70. The Hall–Kier alpha value is -3.26. The summed E-state index contributed by atoms with van der Waals surface area (Å²) in [7, 11) is 1.70. The SMILES string of the molecule is COc1ccc(C(C)(C)C)cc1/C=C/c1ccc(/C=C/c2cc(C(C)(C)C)ccc2[O-])cc1. The van der Waals surface area contributed by atoms with E-state index in [-0.39, 0.29) is 16.6 Å². The van der Waals surface area contributed by atoms with Crippen LogP contribution in [0.1, 0.15) is 74.9 Å². The minimum atomic E-state index is 0.0132. The molecule has 172 valence electrons. The quantitative estimate of drug-likeness (QED) is 0.381. The maximum absolute atomic E-state index is 12.3. The molecule has 0 heterocycles. The van der Waals surface area contributed by atoms with E-state index in [0.29, 0.717) is 0 Å². The molecule has 3 rings (SSSR count). The molecule has 0 aliphatic carbocycles. The highest BCUT2D eigenvalue weighted by molar-refractivity contribution is 5.76. The van der Waals surface area contributed by atoms with E-state index >= 15 is 0 Å². The Balaban J connectivity index is 1.79. The normalized spacial score (nSPS) is 12.6. The third kappa shape index (κ3) is 6.38. The van der Waals surface area contributed by atoms with Crippen LogP contribution in [0.2, 0.25) is 0 Å². The molecule has 0 N–H and O–H groups in total. The monoisotopic (exact) mass is 439 g/mol. The standard InChI is InChI=1S/C31H36O2/c1-30(2,3)26-16-18-28(32)24(20-26)14-12-22-8-10-23(11-9-22)13-15-25-21-27(31(4,5)6)17-19-29(25)33-7/h8-21,32H,1-7H3/p-1/b14-12+,15-13+. The van der Waals surface area contributed by atoms with Gasteiger partial charge < -0.3 is 9.84 Å². The van der Waals surface area contributed by atoms with Crippen molar-refractivity contribution in [2.75, 3.05) is 7.11 Å². The minimum Gasteiger partial charge on any atom is -0.872 e. The van der Waals surface area contributed by atoms with Crippen LogP contribution in [0.5, 0.6) is 11.5 Å². The van der Waals surface area contributed by atoms with Crippen molar-refractivity contribution in [1.82, 2.24) is 0 Å². The van der Waals surface area contributed by atoms with E-state index in [0.717, 1.165) is 33.6 Å². The van der Waals surface area contributed by atoms with Gasteiger partial charge in [0.1, 0.15) is 5.75 Å². The topological polar surface area (TPSA) is 32.3 Å². The summed E-state index contributed by atoms with van der Waals surface area (Å²) in [6.07, 6.45) is 8.10. The lowest BCUT2D eigenvalue weighted by atomic mass is 9.86. The van der Waals surface area contributed by atoms with Crippen molar-refractivity contribution in [3.05, 3.63) is 94.0 Å². The molecule has 0 radical (unpaired) electrons. The van der Waals surface area contributed by atoms with E-state index in [1.807, 2.05) is 30.4 Å². The van der Waals surface area contributed by atoms with Crippen molar-refractivity contribution in [2.24, 2.45) is 0 Å². The van der Waals surface area contributed by atoms with Gasteiger partial charge in [0.2, 0.25) is 0 Å². The zero-order valence-corrected chi connectivity index (χ0v) is 20.9. The first-order chi connectivity index (χ1) is 15.5. The zero-order valence-electron chi connectivity index (χ0n) is 20.9. The van der Waals surface area contributed by atoms with Crippen molar-refractivity contribution < 1.29 is 9.84 Å². The van der Waals surface area contributed by atoms with Gasteiger partial charge in [-0.05, 0) is 50.8 Å². The van der Waals surface area contributed by atoms with Gasteiger partial charge in [0.25, 0.3) is 0 Å². The smallest absolute Gasteiger partial charge is 0.126 e. The lowest BCUT2D eigenvalue weighted by Gasteiger charge is -2.22. The molecule has 0 aliphatic rings. The summed E-state index contributed by atoms with van der Waals surface area (Å²) in [6.45, 7) is 13.1. The van der Waals surface area contributed by atoms with E-state index in [1.54, 1.807) is 13.2 Å². The second-order valence-electron chi connectivity index (χ2n) is 10.5. The largest absolute Gasteiger partial charge is 0.872 e. The summed E-state index contributed by atoms with van der Waals surface area (Å²) in [5.74, 6) is 0.912. The third-order valence-corrected chi connectivity index (χ3v) is 5.82. The molecule has 0 atom stereocenters. The Morgan fingerprint density at radius 1 is 0.606 bits per heavy atom. The fourth-order valence-electron chi connectivity index (χ4n) is 3.57. The first-order valence-electron chi connectivity index (χ1n) is 11.4. The van der Waals surface area contributed by atoms with Crippen molar-refractivity contribution in [3.8, 4) is 11.5 Å². The van der Waals surface area contributed by atoms with E-state index in [9.17, 15) is 5.11 Å². The molecule has 3 aromatic carbocycles. The highest BCUT2D eigenvalue weighted by Crippen LogP contribution is 2.30. The molecule has 2 heteroatoms. The number of methoxy groups -OCH3 is 1.